The molecule has 1 aliphatic rings. The summed E-state index contributed by atoms with van der Waals surface area (Å²) in [6.45, 7) is 7.01. The van der Waals surface area contributed by atoms with E-state index >= 15 is 0 Å². The van der Waals surface area contributed by atoms with Crippen molar-refractivity contribution < 1.29 is 9.90 Å². The van der Waals surface area contributed by atoms with E-state index in [4.69, 9.17) is 0 Å². The number of carboxylic acids is 1. The summed E-state index contributed by atoms with van der Waals surface area (Å²) in [5.41, 5.74) is 1.09. The lowest BCUT2D eigenvalue weighted by atomic mass is 9.84. The zero-order valence-corrected chi connectivity index (χ0v) is 11.1. The maximum atomic E-state index is 11.4. The van der Waals surface area contributed by atoms with Gasteiger partial charge in [0.1, 0.15) is 5.82 Å². The van der Waals surface area contributed by atoms with Crippen LogP contribution in [0.25, 0.3) is 0 Å². The van der Waals surface area contributed by atoms with Crippen LogP contribution >= 0.6 is 0 Å². The predicted molar refractivity (Wildman–Crippen MR) is 68.7 cm³/mol. The highest BCUT2D eigenvalue weighted by Gasteiger charge is 2.44. The molecule has 1 N–H and O–H groups in total. The smallest absolute Gasteiger partial charge is 0.311 e. The van der Waals surface area contributed by atoms with E-state index in [9.17, 15) is 9.90 Å². The SMILES string of the molecule is CCC1(C(=O)O)CCN(c2nc(C)cnc2C)C1. The van der Waals surface area contributed by atoms with Gasteiger partial charge in [-0.1, -0.05) is 6.92 Å². The van der Waals surface area contributed by atoms with Gasteiger partial charge in [-0.25, -0.2) is 4.98 Å². The van der Waals surface area contributed by atoms with Crippen molar-refractivity contribution in [3.05, 3.63) is 17.6 Å². The first-order valence-corrected chi connectivity index (χ1v) is 6.27. The molecule has 1 aromatic rings. The Kier molecular flexibility index (Phi) is 3.24. The molecule has 0 saturated carbocycles. The van der Waals surface area contributed by atoms with E-state index in [-0.39, 0.29) is 0 Å². The molecule has 18 heavy (non-hydrogen) atoms. The maximum absolute atomic E-state index is 11.4. The van der Waals surface area contributed by atoms with Crippen LogP contribution in [0.2, 0.25) is 0 Å². The van der Waals surface area contributed by atoms with E-state index < -0.39 is 11.4 Å². The molecule has 2 heterocycles. The quantitative estimate of drug-likeness (QED) is 0.884. The molecule has 2 rings (SSSR count). The number of nitrogens with zero attached hydrogens (tertiary/aromatic N) is 3. The molecule has 1 saturated heterocycles. The van der Waals surface area contributed by atoms with Crippen LogP contribution in [0, 0.1) is 19.3 Å². The van der Waals surface area contributed by atoms with Gasteiger partial charge in [0.05, 0.1) is 16.8 Å². The Morgan fingerprint density at radius 1 is 1.56 bits per heavy atom. The third kappa shape index (κ3) is 2.05. The van der Waals surface area contributed by atoms with Gasteiger partial charge in [-0.15, -0.1) is 0 Å². The lowest BCUT2D eigenvalue weighted by Gasteiger charge is -2.24. The fourth-order valence-electron chi connectivity index (χ4n) is 2.49. The first-order valence-electron chi connectivity index (χ1n) is 6.27. The monoisotopic (exact) mass is 249 g/mol. The van der Waals surface area contributed by atoms with E-state index in [1.165, 1.54) is 0 Å². The Morgan fingerprint density at radius 2 is 2.28 bits per heavy atom. The summed E-state index contributed by atoms with van der Waals surface area (Å²) in [6, 6.07) is 0. The molecule has 0 radical (unpaired) electrons. The van der Waals surface area contributed by atoms with E-state index in [2.05, 4.69) is 9.97 Å². The molecule has 0 aliphatic carbocycles. The van der Waals surface area contributed by atoms with E-state index in [0.717, 1.165) is 23.8 Å². The van der Waals surface area contributed by atoms with Crippen LogP contribution in [0.15, 0.2) is 6.20 Å². The molecule has 1 fully saturated rings. The number of anilines is 1. The van der Waals surface area contributed by atoms with Crippen molar-refractivity contribution in [1.29, 1.82) is 0 Å². The van der Waals surface area contributed by atoms with Crippen molar-refractivity contribution in [2.45, 2.75) is 33.6 Å². The van der Waals surface area contributed by atoms with Gasteiger partial charge in [0, 0.05) is 19.3 Å². The first kappa shape index (κ1) is 12.8. The summed E-state index contributed by atoms with van der Waals surface area (Å²) >= 11 is 0. The molecular weight excluding hydrogens is 230 g/mol. The molecule has 98 valence electrons. The fraction of sp³-hybridized carbons (Fsp3) is 0.615. The van der Waals surface area contributed by atoms with E-state index in [1.54, 1.807) is 6.20 Å². The van der Waals surface area contributed by atoms with Crippen LogP contribution in [0.5, 0.6) is 0 Å². The number of hydrogen-bond donors (Lipinski definition) is 1. The lowest BCUT2D eigenvalue weighted by Crippen LogP contribution is -2.34. The summed E-state index contributed by atoms with van der Waals surface area (Å²) in [7, 11) is 0. The van der Waals surface area contributed by atoms with Crippen molar-refractivity contribution in [2.75, 3.05) is 18.0 Å². The minimum atomic E-state index is -0.703. The molecule has 1 unspecified atom stereocenters. The number of carbonyl (C=O) groups is 1. The third-order valence-corrected chi connectivity index (χ3v) is 3.83. The predicted octanol–water partition coefficient (Wildman–Crippen LogP) is 1.78. The van der Waals surface area contributed by atoms with Gasteiger partial charge in [-0.05, 0) is 26.7 Å². The molecule has 5 nitrogen and oxygen atoms in total. The van der Waals surface area contributed by atoms with Crippen molar-refractivity contribution in [2.24, 2.45) is 5.41 Å². The van der Waals surface area contributed by atoms with E-state index in [1.807, 2.05) is 25.7 Å². The largest absolute Gasteiger partial charge is 0.481 e. The molecule has 0 bridgehead atoms. The van der Waals surface area contributed by atoms with Crippen molar-refractivity contribution in [3.8, 4) is 0 Å². The van der Waals surface area contributed by atoms with Gasteiger partial charge in [0.15, 0.2) is 0 Å². The highest BCUT2D eigenvalue weighted by Crippen LogP contribution is 2.36. The standard InChI is InChI=1S/C13H19N3O2/c1-4-13(12(17)18)5-6-16(8-13)11-10(3)14-7-9(2)15-11/h7H,4-6,8H2,1-3H3,(H,17,18). The van der Waals surface area contributed by atoms with Gasteiger partial charge >= 0.3 is 5.97 Å². The summed E-state index contributed by atoms with van der Waals surface area (Å²) in [5, 5.41) is 9.39. The average Bonchev–Trinajstić information content (AvgIpc) is 2.78. The van der Waals surface area contributed by atoms with Crippen LogP contribution in [0.1, 0.15) is 31.2 Å². The fourth-order valence-corrected chi connectivity index (χ4v) is 2.49. The average molecular weight is 249 g/mol. The molecule has 0 spiro atoms. The lowest BCUT2D eigenvalue weighted by molar-refractivity contribution is -0.147. The topological polar surface area (TPSA) is 66.3 Å². The van der Waals surface area contributed by atoms with Gasteiger partial charge < -0.3 is 10.0 Å². The minimum absolute atomic E-state index is 0.526. The van der Waals surface area contributed by atoms with Gasteiger partial charge in [-0.2, -0.15) is 0 Å². The second-order valence-corrected chi connectivity index (χ2v) is 5.03. The zero-order chi connectivity index (χ0) is 13.3. The third-order valence-electron chi connectivity index (χ3n) is 3.83. The Bertz CT molecular complexity index is 475. The highest BCUT2D eigenvalue weighted by molar-refractivity contribution is 5.76. The second-order valence-electron chi connectivity index (χ2n) is 5.03. The Balaban J connectivity index is 2.28. The normalized spacial score (nSPS) is 23.4. The molecular formula is C13H19N3O2. The number of aryl methyl sites for hydroxylation is 2. The Labute approximate surface area is 107 Å². The van der Waals surface area contributed by atoms with Crippen LogP contribution in [-0.4, -0.2) is 34.1 Å². The molecule has 5 heteroatoms. The summed E-state index contributed by atoms with van der Waals surface area (Å²) < 4.78 is 0. The number of carboxylic acid groups (broad SMARTS) is 1. The molecule has 1 aromatic heterocycles. The van der Waals surface area contributed by atoms with Crippen LogP contribution in [0.3, 0.4) is 0 Å². The first-order chi connectivity index (χ1) is 8.48. The van der Waals surface area contributed by atoms with Crippen molar-refractivity contribution in [3.63, 3.8) is 0 Å². The second kappa shape index (κ2) is 4.55. The van der Waals surface area contributed by atoms with Crippen LogP contribution in [0.4, 0.5) is 5.82 Å². The maximum Gasteiger partial charge on any atom is 0.311 e. The van der Waals surface area contributed by atoms with Gasteiger partial charge in [-0.3, -0.25) is 9.78 Å². The number of aromatic nitrogens is 2. The van der Waals surface area contributed by atoms with Gasteiger partial charge in [0.2, 0.25) is 0 Å². The number of aliphatic carboxylic acids is 1. The van der Waals surface area contributed by atoms with Gasteiger partial charge in [0.25, 0.3) is 0 Å². The Hall–Kier alpha value is -1.65. The minimum Gasteiger partial charge on any atom is -0.481 e. The summed E-state index contributed by atoms with van der Waals surface area (Å²) in [4.78, 5) is 22.2. The van der Waals surface area contributed by atoms with Crippen molar-refractivity contribution in [1.82, 2.24) is 9.97 Å². The van der Waals surface area contributed by atoms with Crippen LogP contribution in [-0.2, 0) is 4.79 Å². The van der Waals surface area contributed by atoms with Crippen molar-refractivity contribution >= 4 is 11.8 Å². The summed E-state index contributed by atoms with van der Waals surface area (Å²) in [6.07, 6.45) is 3.06. The van der Waals surface area contributed by atoms with E-state index in [0.29, 0.717) is 19.4 Å². The Morgan fingerprint density at radius 3 is 2.83 bits per heavy atom. The molecule has 1 aliphatic heterocycles. The summed E-state index contributed by atoms with van der Waals surface area (Å²) in [5.74, 6) is 0.123. The number of hydrogen-bond acceptors (Lipinski definition) is 4. The zero-order valence-electron chi connectivity index (χ0n) is 11.1. The number of rotatable bonds is 3. The molecule has 0 amide bonds. The highest BCUT2D eigenvalue weighted by atomic mass is 16.4. The van der Waals surface area contributed by atoms with Crippen LogP contribution < -0.4 is 4.90 Å². The molecule has 1 atom stereocenters. The molecule has 0 aromatic carbocycles.